The lowest BCUT2D eigenvalue weighted by Gasteiger charge is -2.34. The highest BCUT2D eigenvalue weighted by Gasteiger charge is 2.30. The predicted molar refractivity (Wildman–Crippen MR) is 95.5 cm³/mol. The number of nitrogens with one attached hydrogen (secondary N) is 2. The van der Waals surface area contributed by atoms with Gasteiger partial charge in [0, 0.05) is 13.1 Å². The molecule has 1 amide bonds. The standard InChI is InChI=1S/C19H29N3O2/c1-6-19(7-2,22-17(23)24-18(3,4)5)14-21-13-16-10-8-15(12-20)9-11-16/h8-11,21H,6-7,13-14H2,1-5H3,(H,22,23). The fourth-order valence-corrected chi connectivity index (χ4v) is 2.38. The molecule has 0 bridgehead atoms. The third kappa shape index (κ3) is 6.59. The average Bonchev–Trinajstić information content (AvgIpc) is 2.52. The molecular formula is C19H29N3O2. The van der Waals surface area contributed by atoms with Crippen LogP contribution in [-0.4, -0.2) is 23.8 Å². The molecule has 0 aliphatic rings. The molecular weight excluding hydrogens is 302 g/mol. The Kier molecular flexibility index (Phi) is 7.24. The number of carbonyl (C=O) groups is 1. The SMILES string of the molecule is CCC(CC)(CNCc1ccc(C#N)cc1)NC(=O)OC(C)(C)C. The van der Waals surface area contributed by atoms with E-state index in [1.165, 1.54) is 0 Å². The number of rotatable bonds is 7. The Morgan fingerprint density at radius 2 is 1.75 bits per heavy atom. The topological polar surface area (TPSA) is 74.2 Å². The van der Waals surface area contributed by atoms with E-state index < -0.39 is 5.60 Å². The largest absolute Gasteiger partial charge is 0.444 e. The van der Waals surface area contributed by atoms with E-state index in [1.807, 2.05) is 45.0 Å². The lowest BCUT2D eigenvalue weighted by atomic mass is 9.92. The Morgan fingerprint density at radius 1 is 1.17 bits per heavy atom. The van der Waals surface area contributed by atoms with Crippen LogP contribution >= 0.6 is 0 Å². The second-order valence-corrected chi connectivity index (χ2v) is 7.03. The number of amides is 1. The number of alkyl carbamates (subject to hydrolysis) is 1. The first kappa shape index (κ1) is 20.0. The fraction of sp³-hybridized carbons (Fsp3) is 0.579. The van der Waals surface area contributed by atoms with Crippen LogP contribution < -0.4 is 10.6 Å². The molecule has 0 aromatic heterocycles. The molecule has 0 unspecified atom stereocenters. The first-order valence-electron chi connectivity index (χ1n) is 8.44. The minimum Gasteiger partial charge on any atom is -0.444 e. The van der Waals surface area contributed by atoms with Crippen molar-refractivity contribution >= 4 is 6.09 Å². The van der Waals surface area contributed by atoms with Crippen molar-refractivity contribution in [3.63, 3.8) is 0 Å². The zero-order valence-electron chi connectivity index (χ0n) is 15.4. The molecule has 0 aliphatic heterocycles. The number of benzene rings is 1. The van der Waals surface area contributed by atoms with Gasteiger partial charge in [-0.15, -0.1) is 0 Å². The lowest BCUT2D eigenvalue weighted by Crippen LogP contribution is -2.55. The highest BCUT2D eigenvalue weighted by molar-refractivity contribution is 5.68. The molecule has 0 spiro atoms. The van der Waals surface area contributed by atoms with Gasteiger partial charge >= 0.3 is 6.09 Å². The van der Waals surface area contributed by atoms with Crippen LogP contribution in [-0.2, 0) is 11.3 Å². The number of nitrogens with zero attached hydrogens (tertiary/aromatic N) is 1. The molecule has 0 atom stereocenters. The molecule has 1 rings (SSSR count). The quantitative estimate of drug-likeness (QED) is 0.798. The van der Waals surface area contributed by atoms with Crippen molar-refractivity contribution in [2.75, 3.05) is 6.54 Å². The van der Waals surface area contributed by atoms with Crippen LogP contribution in [0.4, 0.5) is 4.79 Å². The van der Waals surface area contributed by atoms with Crippen molar-refractivity contribution in [2.45, 2.75) is 65.1 Å². The molecule has 1 aromatic carbocycles. The second kappa shape index (κ2) is 8.70. The molecule has 0 saturated heterocycles. The van der Waals surface area contributed by atoms with E-state index in [9.17, 15) is 4.79 Å². The zero-order valence-corrected chi connectivity index (χ0v) is 15.4. The number of nitriles is 1. The third-order valence-corrected chi connectivity index (χ3v) is 4.00. The van der Waals surface area contributed by atoms with Crippen LogP contribution in [0.1, 0.15) is 58.6 Å². The highest BCUT2D eigenvalue weighted by Crippen LogP contribution is 2.16. The maximum atomic E-state index is 12.1. The molecule has 0 radical (unpaired) electrons. The van der Waals surface area contributed by atoms with Gasteiger partial charge in [-0.05, 0) is 51.3 Å². The van der Waals surface area contributed by atoms with E-state index in [4.69, 9.17) is 10.00 Å². The Bertz CT molecular complexity index is 564. The van der Waals surface area contributed by atoms with Crippen molar-refractivity contribution in [3.8, 4) is 6.07 Å². The van der Waals surface area contributed by atoms with Crippen molar-refractivity contribution < 1.29 is 9.53 Å². The van der Waals surface area contributed by atoms with Crippen molar-refractivity contribution in [1.82, 2.24) is 10.6 Å². The normalized spacial score (nSPS) is 11.7. The van der Waals surface area contributed by atoms with E-state index in [0.29, 0.717) is 18.7 Å². The summed E-state index contributed by atoms with van der Waals surface area (Å²) in [4.78, 5) is 12.1. The van der Waals surface area contributed by atoms with E-state index in [0.717, 1.165) is 18.4 Å². The first-order valence-corrected chi connectivity index (χ1v) is 8.44. The maximum absolute atomic E-state index is 12.1. The van der Waals surface area contributed by atoms with Crippen LogP contribution in [0.3, 0.4) is 0 Å². The van der Waals surface area contributed by atoms with Gasteiger partial charge in [-0.1, -0.05) is 26.0 Å². The molecule has 5 heteroatoms. The van der Waals surface area contributed by atoms with E-state index >= 15 is 0 Å². The van der Waals surface area contributed by atoms with Gasteiger partial charge in [-0.25, -0.2) is 4.79 Å². The van der Waals surface area contributed by atoms with Gasteiger partial charge in [0.15, 0.2) is 0 Å². The van der Waals surface area contributed by atoms with E-state index in [2.05, 4.69) is 30.6 Å². The third-order valence-electron chi connectivity index (χ3n) is 4.00. The molecule has 0 heterocycles. The summed E-state index contributed by atoms with van der Waals surface area (Å²) in [5.41, 5.74) is 0.913. The summed E-state index contributed by atoms with van der Waals surface area (Å²) in [5, 5.41) is 15.2. The zero-order chi connectivity index (χ0) is 18.2. The Hall–Kier alpha value is -2.06. The van der Waals surface area contributed by atoms with Gasteiger partial charge in [0.2, 0.25) is 0 Å². The molecule has 5 nitrogen and oxygen atoms in total. The summed E-state index contributed by atoms with van der Waals surface area (Å²) in [6.45, 7) is 11.0. The minimum atomic E-state index is -0.507. The van der Waals surface area contributed by atoms with Crippen LogP contribution in [0, 0.1) is 11.3 Å². The first-order chi connectivity index (χ1) is 11.2. The monoisotopic (exact) mass is 331 g/mol. The average molecular weight is 331 g/mol. The molecule has 1 aromatic rings. The number of hydrogen-bond donors (Lipinski definition) is 2. The van der Waals surface area contributed by atoms with Gasteiger partial charge in [0.05, 0.1) is 17.2 Å². The van der Waals surface area contributed by atoms with E-state index in [1.54, 1.807) is 0 Å². The maximum Gasteiger partial charge on any atom is 0.408 e. The van der Waals surface area contributed by atoms with Crippen molar-refractivity contribution in [1.29, 1.82) is 5.26 Å². The smallest absolute Gasteiger partial charge is 0.408 e. The molecule has 0 fully saturated rings. The van der Waals surface area contributed by atoms with Gasteiger partial charge in [0.25, 0.3) is 0 Å². The number of hydrogen-bond acceptors (Lipinski definition) is 4. The Labute approximate surface area is 145 Å². The predicted octanol–water partition coefficient (Wildman–Crippen LogP) is 3.73. The second-order valence-electron chi connectivity index (χ2n) is 7.03. The molecule has 24 heavy (non-hydrogen) atoms. The highest BCUT2D eigenvalue weighted by atomic mass is 16.6. The number of carbonyl (C=O) groups excluding carboxylic acids is 1. The van der Waals surface area contributed by atoms with Crippen LogP contribution in [0.25, 0.3) is 0 Å². The summed E-state index contributed by atoms with van der Waals surface area (Å²) in [5.74, 6) is 0. The fourth-order valence-electron chi connectivity index (χ4n) is 2.38. The molecule has 0 saturated carbocycles. The Morgan fingerprint density at radius 3 is 2.21 bits per heavy atom. The molecule has 2 N–H and O–H groups in total. The van der Waals surface area contributed by atoms with Gasteiger partial charge < -0.3 is 15.4 Å². The lowest BCUT2D eigenvalue weighted by molar-refractivity contribution is 0.0446. The van der Waals surface area contributed by atoms with Crippen LogP contribution in [0.2, 0.25) is 0 Å². The minimum absolute atomic E-state index is 0.338. The summed E-state index contributed by atoms with van der Waals surface area (Å²) in [6, 6.07) is 9.60. The van der Waals surface area contributed by atoms with Crippen molar-refractivity contribution in [3.05, 3.63) is 35.4 Å². The molecule has 132 valence electrons. The summed E-state index contributed by atoms with van der Waals surface area (Å²) in [7, 11) is 0. The molecule has 0 aliphatic carbocycles. The van der Waals surface area contributed by atoms with Gasteiger partial charge in [0.1, 0.15) is 5.60 Å². The van der Waals surface area contributed by atoms with Crippen LogP contribution in [0.15, 0.2) is 24.3 Å². The van der Waals surface area contributed by atoms with Crippen molar-refractivity contribution in [2.24, 2.45) is 0 Å². The Balaban J connectivity index is 2.60. The van der Waals surface area contributed by atoms with Gasteiger partial charge in [-0.3, -0.25) is 0 Å². The van der Waals surface area contributed by atoms with E-state index in [-0.39, 0.29) is 11.6 Å². The van der Waals surface area contributed by atoms with Crippen LogP contribution in [0.5, 0.6) is 0 Å². The summed E-state index contributed by atoms with van der Waals surface area (Å²) < 4.78 is 5.38. The summed E-state index contributed by atoms with van der Waals surface area (Å²) >= 11 is 0. The summed E-state index contributed by atoms with van der Waals surface area (Å²) in [6.07, 6.45) is 1.23. The number of ether oxygens (including phenoxy) is 1. The van der Waals surface area contributed by atoms with Gasteiger partial charge in [-0.2, -0.15) is 5.26 Å².